The molecule has 1 atom stereocenters. The zero-order valence-corrected chi connectivity index (χ0v) is 11.8. The number of hydrogen-bond acceptors (Lipinski definition) is 3. The fourth-order valence-electron chi connectivity index (χ4n) is 1.94. The van der Waals surface area contributed by atoms with Crippen molar-refractivity contribution in [1.29, 1.82) is 0 Å². The Morgan fingerprint density at radius 3 is 2.16 bits per heavy atom. The Kier molecular flexibility index (Phi) is 3.98. The second-order valence-electron chi connectivity index (χ2n) is 4.19. The van der Waals surface area contributed by atoms with Gasteiger partial charge in [0.25, 0.3) is 5.52 Å². The lowest BCUT2D eigenvalue weighted by Gasteiger charge is -2.17. The summed E-state index contributed by atoms with van der Waals surface area (Å²) in [6.45, 7) is 1.82. The highest BCUT2D eigenvalue weighted by Gasteiger charge is 2.35. The third-order valence-electron chi connectivity index (χ3n) is 2.98. The molecule has 0 aliphatic rings. The van der Waals surface area contributed by atoms with Crippen molar-refractivity contribution in [3.05, 3.63) is 65.7 Å². The van der Waals surface area contributed by atoms with Crippen molar-refractivity contribution in [2.45, 2.75) is 6.92 Å². The molecule has 2 aromatic rings. The van der Waals surface area contributed by atoms with Crippen LogP contribution in [0.25, 0.3) is 0 Å². The lowest BCUT2D eigenvalue weighted by Crippen LogP contribution is -2.17. The zero-order chi connectivity index (χ0) is 13.9. The summed E-state index contributed by atoms with van der Waals surface area (Å²) in [6, 6.07) is 15.7. The van der Waals surface area contributed by atoms with E-state index in [4.69, 9.17) is 4.52 Å². The van der Waals surface area contributed by atoms with Gasteiger partial charge in [0.1, 0.15) is 0 Å². The number of carbonyl (C=O) groups excluding carboxylic acids is 1. The van der Waals surface area contributed by atoms with Crippen LogP contribution in [0.2, 0.25) is 0 Å². The molecule has 2 rings (SSSR count). The smallest absolute Gasteiger partial charge is 0.300 e. The minimum absolute atomic E-state index is 0.399. The summed E-state index contributed by atoms with van der Waals surface area (Å²) in [5, 5.41) is 0.464. The summed E-state index contributed by atoms with van der Waals surface area (Å²) in [4.78, 5) is 12.5. The molecular formula is C15H15O3P. The summed E-state index contributed by atoms with van der Waals surface area (Å²) in [6.07, 6.45) is 0. The lowest BCUT2D eigenvalue weighted by atomic mass is 10.2. The minimum atomic E-state index is -3.54. The first-order valence-electron chi connectivity index (χ1n) is 5.91. The molecule has 98 valence electrons. The van der Waals surface area contributed by atoms with Gasteiger partial charge in [0.15, 0.2) is 0 Å². The normalized spacial score (nSPS) is 13.8. The highest BCUT2D eigenvalue weighted by Crippen LogP contribution is 2.48. The Balaban J connectivity index is 2.53. The van der Waals surface area contributed by atoms with E-state index < -0.39 is 12.9 Å². The second kappa shape index (κ2) is 5.52. The van der Waals surface area contributed by atoms with Gasteiger partial charge >= 0.3 is 7.37 Å². The molecule has 0 N–H and O–H groups in total. The Labute approximate surface area is 112 Å². The van der Waals surface area contributed by atoms with E-state index >= 15 is 0 Å². The molecule has 1 unspecified atom stereocenters. The van der Waals surface area contributed by atoms with Crippen molar-refractivity contribution in [1.82, 2.24) is 0 Å². The van der Waals surface area contributed by atoms with Gasteiger partial charge in [-0.15, -0.1) is 0 Å². The van der Waals surface area contributed by atoms with Crippen molar-refractivity contribution >= 4 is 18.2 Å². The summed E-state index contributed by atoms with van der Waals surface area (Å²) < 4.78 is 18.1. The van der Waals surface area contributed by atoms with Crippen molar-refractivity contribution in [3.8, 4) is 0 Å². The molecule has 19 heavy (non-hydrogen) atoms. The van der Waals surface area contributed by atoms with E-state index in [9.17, 15) is 9.36 Å². The van der Waals surface area contributed by atoms with Gasteiger partial charge in [0.2, 0.25) is 0 Å². The van der Waals surface area contributed by atoms with E-state index in [-0.39, 0.29) is 0 Å². The fourth-order valence-corrected chi connectivity index (χ4v) is 3.83. The van der Waals surface area contributed by atoms with Gasteiger partial charge in [-0.05, 0) is 18.6 Å². The van der Waals surface area contributed by atoms with Crippen LogP contribution in [0.3, 0.4) is 0 Å². The molecule has 0 aromatic heterocycles. The average Bonchev–Trinajstić information content (AvgIpc) is 2.47. The third-order valence-corrected chi connectivity index (χ3v) is 5.42. The number of aryl methyl sites for hydroxylation is 1. The van der Waals surface area contributed by atoms with Gasteiger partial charge in [-0.2, -0.15) is 0 Å². The first-order chi connectivity index (χ1) is 9.09. The number of carbonyl (C=O) groups is 1. The van der Waals surface area contributed by atoms with E-state index in [0.717, 1.165) is 5.56 Å². The predicted molar refractivity (Wildman–Crippen MR) is 76.2 cm³/mol. The van der Waals surface area contributed by atoms with Crippen LogP contribution < -0.4 is 5.30 Å². The van der Waals surface area contributed by atoms with Crippen LogP contribution in [0, 0.1) is 6.92 Å². The highest BCUT2D eigenvalue weighted by molar-refractivity contribution is 7.83. The number of benzene rings is 2. The Morgan fingerprint density at radius 1 is 1.00 bits per heavy atom. The SMILES string of the molecule is COP(=O)(C(=O)c1ccccc1)c1ccccc1C. The summed E-state index contributed by atoms with van der Waals surface area (Å²) >= 11 is 0. The van der Waals surface area contributed by atoms with Gasteiger partial charge in [-0.25, -0.2) is 0 Å². The molecule has 0 amide bonds. The summed E-state index contributed by atoms with van der Waals surface area (Å²) in [7, 11) is -2.23. The van der Waals surface area contributed by atoms with E-state index in [1.807, 2.05) is 25.1 Å². The quantitative estimate of drug-likeness (QED) is 0.803. The molecule has 0 fully saturated rings. The van der Waals surface area contributed by atoms with E-state index in [1.165, 1.54) is 7.11 Å². The number of hydrogen-bond donors (Lipinski definition) is 0. The van der Waals surface area contributed by atoms with Crippen molar-refractivity contribution in [2.24, 2.45) is 0 Å². The molecule has 2 aromatic carbocycles. The second-order valence-corrected chi connectivity index (χ2v) is 6.55. The van der Waals surface area contributed by atoms with Gasteiger partial charge < -0.3 is 4.52 Å². The molecule has 0 saturated heterocycles. The molecule has 0 aliphatic heterocycles. The van der Waals surface area contributed by atoms with Crippen LogP contribution in [-0.4, -0.2) is 12.6 Å². The fraction of sp³-hybridized carbons (Fsp3) is 0.133. The highest BCUT2D eigenvalue weighted by atomic mass is 31.2. The van der Waals surface area contributed by atoms with E-state index in [2.05, 4.69) is 0 Å². The standard InChI is InChI=1S/C15H15O3P/c1-12-8-6-7-11-14(12)19(17,18-2)15(16)13-9-4-3-5-10-13/h3-11H,1-2H3. The molecule has 0 bridgehead atoms. The molecule has 0 radical (unpaired) electrons. The summed E-state index contributed by atoms with van der Waals surface area (Å²) in [5.41, 5.74) is 0.720. The Hall–Kier alpha value is -1.70. The van der Waals surface area contributed by atoms with Crippen molar-refractivity contribution < 1.29 is 13.9 Å². The van der Waals surface area contributed by atoms with E-state index in [1.54, 1.807) is 36.4 Å². The molecular weight excluding hydrogens is 259 g/mol. The molecule has 4 heteroatoms. The average molecular weight is 274 g/mol. The summed E-state index contributed by atoms with van der Waals surface area (Å²) in [5.74, 6) is 0. The first-order valence-corrected chi connectivity index (χ1v) is 7.54. The van der Waals surface area contributed by atoms with Crippen LogP contribution in [0.4, 0.5) is 0 Å². The molecule has 0 heterocycles. The lowest BCUT2D eigenvalue weighted by molar-refractivity contribution is 0.106. The monoisotopic (exact) mass is 274 g/mol. The van der Waals surface area contributed by atoms with Crippen LogP contribution in [-0.2, 0) is 9.09 Å². The molecule has 0 saturated carbocycles. The van der Waals surface area contributed by atoms with Crippen LogP contribution >= 0.6 is 7.37 Å². The van der Waals surface area contributed by atoms with Crippen molar-refractivity contribution in [2.75, 3.05) is 7.11 Å². The van der Waals surface area contributed by atoms with Gasteiger partial charge in [0.05, 0.1) is 0 Å². The van der Waals surface area contributed by atoms with Crippen LogP contribution in [0.1, 0.15) is 15.9 Å². The Bertz CT molecular complexity index is 635. The van der Waals surface area contributed by atoms with Gasteiger partial charge in [0, 0.05) is 18.0 Å². The Morgan fingerprint density at radius 2 is 1.58 bits per heavy atom. The molecule has 3 nitrogen and oxygen atoms in total. The molecule has 0 spiro atoms. The maximum atomic E-state index is 12.9. The largest absolute Gasteiger partial charge is 0.323 e. The van der Waals surface area contributed by atoms with E-state index in [0.29, 0.717) is 10.9 Å². The predicted octanol–water partition coefficient (Wildman–Crippen LogP) is 3.39. The zero-order valence-electron chi connectivity index (χ0n) is 10.9. The third kappa shape index (κ3) is 2.53. The van der Waals surface area contributed by atoms with Gasteiger partial charge in [-0.1, -0.05) is 48.5 Å². The van der Waals surface area contributed by atoms with Gasteiger partial charge in [-0.3, -0.25) is 9.36 Å². The number of rotatable bonds is 4. The minimum Gasteiger partial charge on any atom is -0.323 e. The maximum absolute atomic E-state index is 12.9. The first kappa shape index (κ1) is 13.7. The maximum Gasteiger partial charge on any atom is 0.300 e. The topological polar surface area (TPSA) is 43.4 Å². The van der Waals surface area contributed by atoms with Crippen LogP contribution in [0.5, 0.6) is 0 Å². The molecule has 0 aliphatic carbocycles. The van der Waals surface area contributed by atoms with Crippen LogP contribution in [0.15, 0.2) is 54.6 Å². The van der Waals surface area contributed by atoms with Crippen molar-refractivity contribution in [3.63, 3.8) is 0 Å².